The molecule has 0 bridgehead atoms. The second-order valence-corrected chi connectivity index (χ2v) is 8.62. The van der Waals surface area contributed by atoms with Crippen molar-refractivity contribution in [3.8, 4) is 11.3 Å². The maximum atomic E-state index is 11.7. The fourth-order valence-electron chi connectivity index (χ4n) is 4.53. The number of benzene rings is 1. The van der Waals surface area contributed by atoms with Crippen LogP contribution < -0.4 is 0 Å². The molecule has 2 aliphatic rings. The van der Waals surface area contributed by atoms with Gasteiger partial charge in [-0.25, -0.2) is 4.98 Å². The molecule has 160 valence electrons. The Morgan fingerprint density at radius 3 is 2.81 bits per heavy atom. The van der Waals surface area contributed by atoms with Crippen LogP contribution in [0.15, 0.2) is 36.7 Å². The van der Waals surface area contributed by atoms with Crippen molar-refractivity contribution >= 4 is 22.6 Å². The Morgan fingerprint density at radius 1 is 1.23 bits per heavy atom. The predicted molar refractivity (Wildman–Crippen MR) is 119 cm³/mol. The molecule has 0 radical (unpaired) electrons. The zero-order chi connectivity index (χ0) is 21.5. The molecule has 2 aromatic heterocycles. The van der Waals surface area contributed by atoms with Crippen molar-refractivity contribution in [1.29, 1.82) is 0 Å². The lowest BCUT2D eigenvalue weighted by molar-refractivity contribution is -0.149. The number of ether oxygens (including phenoxy) is 1. The average molecular weight is 418 g/mol. The molecule has 3 aromatic rings. The Bertz CT molecular complexity index is 1180. The van der Waals surface area contributed by atoms with Crippen LogP contribution in [0.2, 0.25) is 0 Å². The lowest BCUT2D eigenvalue weighted by atomic mass is 9.80. The van der Waals surface area contributed by atoms with E-state index < -0.39 is 0 Å². The van der Waals surface area contributed by atoms with E-state index in [1.165, 1.54) is 18.2 Å². The first kappa shape index (κ1) is 19.9. The van der Waals surface area contributed by atoms with Gasteiger partial charge >= 0.3 is 5.97 Å². The van der Waals surface area contributed by atoms with E-state index in [-0.39, 0.29) is 17.9 Å². The normalized spacial score (nSPS) is 21.6. The maximum Gasteiger partial charge on any atom is 0.308 e. The Balaban J connectivity index is 1.43. The number of fused-ring (bicyclic) bond motifs is 1. The van der Waals surface area contributed by atoms with Gasteiger partial charge < -0.3 is 9.64 Å². The van der Waals surface area contributed by atoms with Gasteiger partial charge in [-0.05, 0) is 44.9 Å². The molecule has 3 heterocycles. The lowest BCUT2D eigenvalue weighted by Crippen LogP contribution is -2.33. The van der Waals surface area contributed by atoms with Crippen LogP contribution >= 0.6 is 0 Å². The van der Waals surface area contributed by atoms with Crippen LogP contribution in [-0.4, -0.2) is 57.9 Å². The van der Waals surface area contributed by atoms with Crippen LogP contribution in [0.5, 0.6) is 0 Å². The van der Waals surface area contributed by atoms with Crippen LogP contribution in [0.25, 0.3) is 27.9 Å². The SMILES string of the molecule is COC(=O)C1CC(n2cc(-c3cnc4c(C5=CCN(C)CC5)cccc4n3)c(C)n2)C1. The molecule has 7 nitrogen and oxygen atoms in total. The van der Waals surface area contributed by atoms with Crippen molar-refractivity contribution < 1.29 is 9.53 Å². The van der Waals surface area contributed by atoms with Crippen molar-refractivity contribution in [3.05, 3.63) is 47.9 Å². The molecular formula is C24H27N5O2. The van der Waals surface area contributed by atoms with Crippen LogP contribution in [-0.2, 0) is 9.53 Å². The highest BCUT2D eigenvalue weighted by Gasteiger charge is 2.37. The smallest absolute Gasteiger partial charge is 0.308 e. The summed E-state index contributed by atoms with van der Waals surface area (Å²) in [6.45, 7) is 4.02. The van der Waals surface area contributed by atoms with E-state index in [0.717, 1.165) is 60.3 Å². The molecule has 1 aromatic carbocycles. The van der Waals surface area contributed by atoms with Crippen molar-refractivity contribution in [2.45, 2.75) is 32.2 Å². The molecule has 1 saturated carbocycles. The van der Waals surface area contributed by atoms with Gasteiger partial charge in [0.15, 0.2) is 0 Å². The minimum Gasteiger partial charge on any atom is -0.469 e. The third-order valence-electron chi connectivity index (χ3n) is 6.54. The van der Waals surface area contributed by atoms with E-state index in [9.17, 15) is 4.79 Å². The second kappa shape index (κ2) is 7.89. The first-order valence-corrected chi connectivity index (χ1v) is 10.8. The molecule has 1 aliphatic heterocycles. The van der Waals surface area contributed by atoms with Gasteiger partial charge in [-0.1, -0.05) is 18.2 Å². The number of aromatic nitrogens is 4. The van der Waals surface area contributed by atoms with E-state index >= 15 is 0 Å². The van der Waals surface area contributed by atoms with E-state index in [0.29, 0.717) is 0 Å². The van der Waals surface area contributed by atoms with Gasteiger partial charge in [0.1, 0.15) is 0 Å². The summed E-state index contributed by atoms with van der Waals surface area (Å²) in [7, 11) is 3.59. The first-order chi connectivity index (χ1) is 15.0. The summed E-state index contributed by atoms with van der Waals surface area (Å²) < 4.78 is 6.81. The van der Waals surface area contributed by atoms with Gasteiger partial charge in [0.2, 0.25) is 0 Å². The van der Waals surface area contributed by atoms with E-state index in [1.807, 2.05) is 30.1 Å². The van der Waals surface area contributed by atoms with Crippen molar-refractivity contribution in [2.24, 2.45) is 5.92 Å². The van der Waals surface area contributed by atoms with Gasteiger partial charge in [0, 0.05) is 30.4 Å². The number of aryl methyl sites for hydroxylation is 1. The van der Waals surface area contributed by atoms with Crippen molar-refractivity contribution in [3.63, 3.8) is 0 Å². The molecule has 0 amide bonds. The summed E-state index contributed by atoms with van der Waals surface area (Å²) >= 11 is 0. The Hall–Kier alpha value is -3.06. The van der Waals surface area contributed by atoms with Gasteiger partial charge in [-0.3, -0.25) is 14.5 Å². The number of hydrogen-bond acceptors (Lipinski definition) is 6. The van der Waals surface area contributed by atoms with E-state index in [4.69, 9.17) is 14.7 Å². The van der Waals surface area contributed by atoms with Crippen LogP contribution in [0.1, 0.15) is 36.6 Å². The second-order valence-electron chi connectivity index (χ2n) is 8.62. The Morgan fingerprint density at radius 2 is 2.06 bits per heavy atom. The number of nitrogens with zero attached hydrogens (tertiary/aromatic N) is 5. The summed E-state index contributed by atoms with van der Waals surface area (Å²) in [6, 6.07) is 6.46. The van der Waals surface area contributed by atoms with Crippen molar-refractivity contribution in [1.82, 2.24) is 24.6 Å². The predicted octanol–water partition coefficient (Wildman–Crippen LogP) is 3.64. The molecule has 7 heteroatoms. The highest BCUT2D eigenvalue weighted by molar-refractivity contribution is 5.90. The number of carbonyl (C=O) groups excluding carboxylic acids is 1. The molecule has 31 heavy (non-hydrogen) atoms. The quantitative estimate of drug-likeness (QED) is 0.604. The standard InChI is InChI=1S/C24H27N5O2/c1-15-20(14-29(27-15)18-11-17(12-18)24(30)31-3)22-13-25-23-19(5-4-6-21(23)26-22)16-7-9-28(2)10-8-16/h4-7,13-14,17-18H,8-12H2,1-3H3. The van der Waals surface area contributed by atoms with Gasteiger partial charge in [-0.15, -0.1) is 0 Å². The van der Waals surface area contributed by atoms with Gasteiger partial charge in [-0.2, -0.15) is 5.10 Å². The van der Waals surface area contributed by atoms with Gasteiger partial charge in [0.25, 0.3) is 0 Å². The monoisotopic (exact) mass is 417 g/mol. The number of hydrogen-bond donors (Lipinski definition) is 0. The number of carbonyl (C=O) groups is 1. The third kappa shape index (κ3) is 3.63. The van der Waals surface area contributed by atoms with E-state index in [2.05, 4.69) is 35.3 Å². The number of methoxy groups -OCH3 is 1. The molecular weight excluding hydrogens is 390 g/mol. The molecule has 5 rings (SSSR count). The highest BCUT2D eigenvalue weighted by atomic mass is 16.5. The number of para-hydroxylation sites is 1. The fraction of sp³-hybridized carbons (Fsp3) is 0.417. The summed E-state index contributed by atoms with van der Waals surface area (Å²) in [4.78, 5) is 23.7. The Kier molecular flexibility index (Phi) is 5.06. The Labute approximate surface area is 181 Å². The van der Waals surface area contributed by atoms with E-state index in [1.54, 1.807) is 0 Å². The third-order valence-corrected chi connectivity index (χ3v) is 6.54. The minimum atomic E-state index is -0.128. The molecule has 0 saturated heterocycles. The van der Waals surface area contributed by atoms with Crippen LogP contribution in [0.3, 0.4) is 0 Å². The summed E-state index contributed by atoms with van der Waals surface area (Å²) in [6.07, 6.45) is 8.75. The molecule has 0 N–H and O–H groups in total. The summed E-state index contributed by atoms with van der Waals surface area (Å²) in [5.74, 6) is -0.146. The topological polar surface area (TPSA) is 73.1 Å². The maximum absolute atomic E-state index is 11.7. The zero-order valence-corrected chi connectivity index (χ0v) is 18.2. The summed E-state index contributed by atoms with van der Waals surface area (Å²) in [5.41, 5.74) is 7.11. The molecule has 0 unspecified atom stereocenters. The van der Waals surface area contributed by atoms with Crippen LogP contribution in [0.4, 0.5) is 0 Å². The van der Waals surface area contributed by atoms with Gasteiger partial charge in [0.05, 0.1) is 47.7 Å². The number of likely N-dealkylation sites (N-methyl/N-ethyl adjacent to an activating group) is 1. The molecule has 1 fully saturated rings. The summed E-state index contributed by atoms with van der Waals surface area (Å²) in [5, 5.41) is 4.69. The minimum absolute atomic E-state index is 0.0179. The lowest BCUT2D eigenvalue weighted by Gasteiger charge is -2.33. The van der Waals surface area contributed by atoms with Crippen LogP contribution in [0, 0.1) is 12.8 Å². The number of esters is 1. The average Bonchev–Trinajstić information content (AvgIpc) is 3.13. The molecule has 0 spiro atoms. The van der Waals surface area contributed by atoms with Crippen molar-refractivity contribution in [2.75, 3.05) is 27.2 Å². The fourth-order valence-corrected chi connectivity index (χ4v) is 4.53. The zero-order valence-electron chi connectivity index (χ0n) is 18.2. The highest BCUT2D eigenvalue weighted by Crippen LogP contribution is 2.39. The largest absolute Gasteiger partial charge is 0.469 e. The first-order valence-electron chi connectivity index (χ1n) is 10.8. The molecule has 0 atom stereocenters. The molecule has 1 aliphatic carbocycles. The number of rotatable bonds is 4.